The van der Waals surface area contributed by atoms with Gasteiger partial charge < -0.3 is 5.32 Å². The third-order valence-electron chi connectivity index (χ3n) is 4.55. The van der Waals surface area contributed by atoms with Gasteiger partial charge in [-0.3, -0.25) is 19.1 Å². The van der Waals surface area contributed by atoms with Crippen molar-refractivity contribution in [2.45, 2.75) is 18.9 Å². The Bertz CT molecular complexity index is 1180. The molecule has 1 atom stereocenters. The monoisotopic (exact) mass is 497 g/mol. The minimum absolute atomic E-state index is 0.0806. The highest BCUT2D eigenvalue weighted by Crippen LogP contribution is 2.33. The second-order valence-electron chi connectivity index (χ2n) is 6.73. The number of amides is 1. The minimum atomic E-state index is -3.97. The second kappa shape index (κ2) is 9.01. The van der Waals surface area contributed by atoms with E-state index >= 15 is 0 Å². The van der Waals surface area contributed by atoms with Crippen molar-refractivity contribution in [1.82, 2.24) is 14.9 Å². The molecule has 0 radical (unpaired) electrons. The van der Waals surface area contributed by atoms with E-state index in [1.165, 1.54) is 54.3 Å². The summed E-state index contributed by atoms with van der Waals surface area (Å²) in [7, 11) is 0. The summed E-state index contributed by atoms with van der Waals surface area (Å²) < 4.78 is 56.3. The topological polar surface area (TPSA) is 64.0 Å². The van der Waals surface area contributed by atoms with Gasteiger partial charge in [0.2, 0.25) is 0 Å². The smallest absolute Gasteiger partial charge is 0.303 e. The van der Waals surface area contributed by atoms with Crippen molar-refractivity contribution in [2.24, 2.45) is 0 Å². The summed E-state index contributed by atoms with van der Waals surface area (Å²) in [6, 6.07) is 6.29. The normalized spacial score (nSPS) is 12.5. The van der Waals surface area contributed by atoms with Crippen LogP contribution in [0.2, 0.25) is 0 Å². The number of carbonyl (C=O) groups is 1. The molecule has 1 amide bonds. The number of benzene rings is 1. The largest absolute Gasteiger partial charge is 0.345 e. The maximum atomic E-state index is 14.6. The lowest BCUT2D eigenvalue weighted by atomic mass is 10.0. The standard InChI is InChI=1S/C21H16BrF4N3O2/c1-12(16-3-2-4-17(19(16)24)21(25,26)11-23)28-20(31)13-5-6-18(30)29(10-13)15-7-14(22)8-27-9-15/h2-10,12H,11H2,1H3,(H,28,31)/t12-/m1/s1. The SMILES string of the molecule is C[C@@H](NC(=O)c1ccc(=O)n(-c2cncc(Br)c2)c1)c1cccc(C(F)(F)CF)c1F. The van der Waals surface area contributed by atoms with Gasteiger partial charge in [-0.05, 0) is 41.1 Å². The first-order chi connectivity index (χ1) is 14.6. The molecule has 0 spiro atoms. The second-order valence-corrected chi connectivity index (χ2v) is 7.65. The van der Waals surface area contributed by atoms with Crippen LogP contribution in [0.1, 0.15) is 34.5 Å². The molecule has 0 aliphatic rings. The number of aromatic nitrogens is 2. The Balaban J connectivity index is 1.88. The summed E-state index contributed by atoms with van der Waals surface area (Å²) in [4.78, 5) is 28.8. The van der Waals surface area contributed by atoms with E-state index in [-0.39, 0.29) is 11.1 Å². The molecule has 0 aliphatic heterocycles. The number of carbonyl (C=O) groups excluding carboxylic acids is 1. The zero-order valence-electron chi connectivity index (χ0n) is 16.1. The third-order valence-corrected chi connectivity index (χ3v) is 4.98. The number of rotatable bonds is 6. The van der Waals surface area contributed by atoms with Gasteiger partial charge in [-0.2, -0.15) is 8.78 Å². The van der Waals surface area contributed by atoms with Gasteiger partial charge in [0.15, 0.2) is 6.67 Å². The number of halogens is 5. The van der Waals surface area contributed by atoms with Crippen molar-refractivity contribution in [3.63, 3.8) is 0 Å². The molecular weight excluding hydrogens is 482 g/mol. The number of alkyl halides is 3. The molecule has 3 rings (SSSR count). The van der Waals surface area contributed by atoms with Crippen LogP contribution >= 0.6 is 15.9 Å². The van der Waals surface area contributed by atoms with Gasteiger partial charge >= 0.3 is 5.92 Å². The fourth-order valence-electron chi connectivity index (χ4n) is 2.95. The average Bonchev–Trinajstić information content (AvgIpc) is 2.73. The van der Waals surface area contributed by atoms with Gasteiger partial charge in [0, 0.05) is 28.5 Å². The van der Waals surface area contributed by atoms with Gasteiger partial charge in [-0.25, -0.2) is 8.78 Å². The Labute approximate surface area is 182 Å². The molecule has 5 nitrogen and oxygen atoms in total. The summed E-state index contributed by atoms with van der Waals surface area (Å²) in [5.41, 5.74) is -1.21. The summed E-state index contributed by atoms with van der Waals surface area (Å²) in [6.07, 6.45) is 4.25. The highest BCUT2D eigenvalue weighted by atomic mass is 79.9. The first kappa shape index (κ1) is 22.7. The molecule has 31 heavy (non-hydrogen) atoms. The van der Waals surface area contributed by atoms with Gasteiger partial charge in [0.1, 0.15) is 5.82 Å². The highest BCUT2D eigenvalue weighted by Gasteiger charge is 2.36. The Kier molecular flexibility index (Phi) is 6.59. The predicted octanol–water partition coefficient (Wildman–Crippen LogP) is 4.69. The Hall–Kier alpha value is -3.01. The molecule has 0 aliphatic carbocycles. The van der Waals surface area contributed by atoms with Crippen molar-refractivity contribution in [1.29, 1.82) is 0 Å². The molecule has 0 fully saturated rings. The summed E-state index contributed by atoms with van der Waals surface area (Å²) in [6.45, 7) is -0.637. The van der Waals surface area contributed by atoms with Gasteiger partial charge in [0.25, 0.3) is 11.5 Å². The van der Waals surface area contributed by atoms with Crippen LogP contribution in [0.25, 0.3) is 5.69 Å². The molecular formula is C21H16BrF4N3O2. The molecule has 2 aromatic heterocycles. The number of nitrogens with zero attached hydrogens (tertiary/aromatic N) is 2. The molecule has 10 heteroatoms. The van der Waals surface area contributed by atoms with E-state index in [9.17, 15) is 27.2 Å². The number of hydrogen-bond donors (Lipinski definition) is 1. The number of hydrogen-bond acceptors (Lipinski definition) is 3. The first-order valence-corrected chi connectivity index (χ1v) is 9.80. The van der Waals surface area contributed by atoms with Gasteiger partial charge in [-0.1, -0.05) is 12.1 Å². The average molecular weight is 498 g/mol. The minimum Gasteiger partial charge on any atom is -0.345 e. The van der Waals surface area contributed by atoms with Crippen LogP contribution in [0.15, 0.2) is 64.3 Å². The van der Waals surface area contributed by atoms with Gasteiger partial charge in [0.05, 0.1) is 29.1 Å². The summed E-state index contributed by atoms with van der Waals surface area (Å²) >= 11 is 3.25. The van der Waals surface area contributed by atoms with E-state index in [2.05, 4.69) is 26.2 Å². The van der Waals surface area contributed by atoms with Crippen LogP contribution in [0.5, 0.6) is 0 Å². The van der Waals surface area contributed by atoms with Crippen molar-refractivity contribution in [3.05, 3.63) is 92.3 Å². The molecule has 0 unspecified atom stereocenters. The fourth-order valence-corrected chi connectivity index (χ4v) is 3.30. The molecule has 2 heterocycles. The van der Waals surface area contributed by atoms with Crippen molar-refractivity contribution >= 4 is 21.8 Å². The third kappa shape index (κ3) is 4.84. The van der Waals surface area contributed by atoms with E-state index < -0.39 is 41.5 Å². The lowest BCUT2D eigenvalue weighted by molar-refractivity contribution is -0.0313. The quantitative estimate of drug-likeness (QED) is 0.502. The highest BCUT2D eigenvalue weighted by molar-refractivity contribution is 9.10. The lowest BCUT2D eigenvalue weighted by Gasteiger charge is -2.19. The summed E-state index contributed by atoms with van der Waals surface area (Å²) in [5.74, 6) is -5.92. The van der Waals surface area contributed by atoms with E-state index in [0.717, 1.165) is 6.07 Å². The Morgan fingerprint density at radius 1 is 1.26 bits per heavy atom. The van der Waals surface area contributed by atoms with E-state index in [1.54, 1.807) is 6.07 Å². The molecule has 3 aromatic rings. The zero-order chi connectivity index (χ0) is 22.8. The molecule has 0 saturated carbocycles. The lowest BCUT2D eigenvalue weighted by Crippen LogP contribution is -2.29. The fraction of sp³-hybridized carbons (Fsp3) is 0.190. The molecule has 1 aromatic carbocycles. The van der Waals surface area contributed by atoms with Gasteiger partial charge in [-0.15, -0.1) is 0 Å². The first-order valence-electron chi connectivity index (χ1n) is 9.01. The maximum Gasteiger partial charge on any atom is 0.303 e. The Morgan fingerprint density at radius 3 is 2.68 bits per heavy atom. The van der Waals surface area contributed by atoms with Crippen LogP contribution in [0, 0.1) is 5.82 Å². The van der Waals surface area contributed by atoms with E-state index in [0.29, 0.717) is 10.2 Å². The molecule has 0 saturated heterocycles. The van der Waals surface area contributed by atoms with Crippen molar-refractivity contribution < 1.29 is 22.4 Å². The maximum absolute atomic E-state index is 14.6. The Morgan fingerprint density at radius 2 is 2.00 bits per heavy atom. The van der Waals surface area contributed by atoms with Crippen molar-refractivity contribution in [3.8, 4) is 5.69 Å². The van der Waals surface area contributed by atoms with Crippen molar-refractivity contribution in [2.75, 3.05) is 6.67 Å². The van der Waals surface area contributed by atoms with Crippen LogP contribution in [0.4, 0.5) is 17.6 Å². The predicted molar refractivity (Wildman–Crippen MR) is 110 cm³/mol. The molecule has 162 valence electrons. The van der Waals surface area contributed by atoms with Crippen LogP contribution in [-0.4, -0.2) is 22.1 Å². The van der Waals surface area contributed by atoms with Crippen LogP contribution < -0.4 is 10.9 Å². The molecule has 1 N–H and O–H groups in total. The summed E-state index contributed by atoms with van der Waals surface area (Å²) in [5, 5.41) is 2.50. The molecule has 0 bridgehead atoms. The zero-order valence-corrected chi connectivity index (χ0v) is 17.7. The number of pyridine rings is 2. The van der Waals surface area contributed by atoms with Crippen LogP contribution in [-0.2, 0) is 5.92 Å². The number of nitrogens with one attached hydrogen (secondary N) is 1. The van der Waals surface area contributed by atoms with E-state index in [1.807, 2.05) is 0 Å². The van der Waals surface area contributed by atoms with E-state index in [4.69, 9.17) is 0 Å². The van der Waals surface area contributed by atoms with Crippen LogP contribution in [0.3, 0.4) is 0 Å².